The second-order valence-corrected chi connectivity index (χ2v) is 6.50. The van der Waals surface area contributed by atoms with Crippen LogP contribution in [0.4, 0.5) is 0 Å². The van der Waals surface area contributed by atoms with Crippen molar-refractivity contribution in [3.05, 3.63) is 0 Å². The van der Waals surface area contributed by atoms with Crippen LogP contribution < -0.4 is 0 Å². The van der Waals surface area contributed by atoms with E-state index in [0.717, 1.165) is 0 Å². The highest BCUT2D eigenvalue weighted by Gasteiger charge is 2.49. The molecule has 10 heteroatoms. The highest BCUT2D eigenvalue weighted by Crippen LogP contribution is 2.32. The number of morpholine rings is 1. The Morgan fingerprint density at radius 1 is 0.963 bits per heavy atom. The lowest BCUT2D eigenvalue weighted by atomic mass is 9.90. The molecule has 0 spiro atoms. The number of hydroxylamine groups is 2. The monoisotopic (exact) mass is 389 g/mol. The number of carbonyl (C=O) groups excluding carboxylic acids is 3. The quantitative estimate of drug-likeness (QED) is 0.456. The Bertz CT molecular complexity index is 534. The normalized spacial score (nSPS) is 31.8. The number of hydrogen-bond donors (Lipinski definition) is 0. The van der Waals surface area contributed by atoms with Gasteiger partial charge < -0.3 is 23.7 Å². The van der Waals surface area contributed by atoms with Crippen LogP contribution in [-0.2, 0) is 42.9 Å². The summed E-state index contributed by atoms with van der Waals surface area (Å²) in [5.41, 5.74) is 0. The van der Waals surface area contributed by atoms with Crippen molar-refractivity contribution in [2.45, 2.75) is 52.3 Å². The third-order valence-electron chi connectivity index (χ3n) is 4.28. The van der Waals surface area contributed by atoms with Crippen molar-refractivity contribution in [2.24, 2.45) is 5.92 Å². The Balaban J connectivity index is 2.21. The summed E-state index contributed by atoms with van der Waals surface area (Å²) in [6.07, 6.45) is -3.39. The van der Waals surface area contributed by atoms with Crippen molar-refractivity contribution in [3.63, 3.8) is 0 Å². The highest BCUT2D eigenvalue weighted by molar-refractivity contribution is 5.67. The van der Waals surface area contributed by atoms with E-state index < -0.39 is 42.5 Å². The summed E-state index contributed by atoms with van der Waals surface area (Å²) < 4.78 is 26.7. The molecule has 2 saturated heterocycles. The molecule has 2 heterocycles. The van der Waals surface area contributed by atoms with E-state index in [1.165, 1.54) is 20.8 Å². The maximum Gasteiger partial charge on any atom is 0.305 e. The van der Waals surface area contributed by atoms with Crippen molar-refractivity contribution < 1.29 is 42.9 Å². The molecule has 2 aliphatic rings. The van der Waals surface area contributed by atoms with Gasteiger partial charge in [0.15, 0.2) is 6.10 Å². The molecule has 0 bridgehead atoms. The lowest BCUT2D eigenvalue weighted by molar-refractivity contribution is -0.332. The molecule has 0 aliphatic carbocycles. The van der Waals surface area contributed by atoms with Gasteiger partial charge in [0.25, 0.3) is 0 Å². The SMILES string of the molecule is CC(=O)OCC1OC(OC(C)=O)C(OC(C)=O)[C@@H](ON2CCOCC2)[C@@H]1C. The molecule has 0 aromatic rings. The van der Waals surface area contributed by atoms with Crippen LogP contribution in [0, 0.1) is 5.92 Å². The van der Waals surface area contributed by atoms with Gasteiger partial charge in [-0.1, -0.05) is 6.92 Å². The average molecular weight is 389 g/mol. The van der Waals surface area contributed by atoms with E-state index in [-0.39, 0.29) is 12.5 Å². The first-order chi connectivity index (χ1) is 12.8. The molecule has 0 N–H and O–H groups in total. The van der Waals surface area contributed by atoms with Gasteiger partial charge in [0.05, 0.1) is 13.2 Å². The van der Waals surface area contributed by atoms with E-state index in [9.17, 15) is 14.4 Å². The third-order valence-corrected chi connectivity index (χ3v) is 4.28. The topological polar surface area (TPSA) is 110 Å². The number of nitrogens with zero attached hydrogens (tertiary/aromatic N) is 1. The van der Waals surface area contributed by atoms with Crippen LogP contribution in [0.25, 0.3) is 0 Å². The number of hydrogen-bond acceptors (Lipinski definition) is 10. The van der Waals surface area contributed by atoms with Crippen LogP contribution in [0.15, 0.2) is 0 Å². The summed E-state index contributed by atoms with van der Waals surface area (Å²) in [6, 6.07) is 0. The van der Waals surface area contributed by atoms with Crippen molar-refractivity contribution in [1.82, 2.24) is 5.06 Å². The smallest absolute Gasteiger partial charge is 0.305 e. The van der Waals surface area contributed by atoms with Crippen molar-refractivity contribution in [1.29, 1.82) is 0 Å². The van der Waals surface area contributed by atoms with Crippen molar-refractivity contribution >= 4 is 17.9 Å². The minimum atomic E-state index is -1.17. The standard InChI is InChI=1S/C17H27NO9/c1-10-14(9-23-11(2)19)26-17(25-13(4)21)16(24-12(3)20)15(10)27-18-5-7-22-8-6-18/h10,14-17H,5-9H2,1-4H3/t10-,14?,15+,16?,17?/m1/s1. The summed E-state index contributed by atoms with van der Waals surface area (Å²) in [4.78, 5) is 40.4. The molecule has 0 radical (unpaired) electrons. The maximum atomic E-state index is 11.6. The molecule has 2 rings (SSSR count). The Morgan fingerprint density at radius 2 is 1.59 bits per heavy atom. The highest BCUT2D eigenvalue weighted by atomic mass is 16.8. The molecule has 0 amide bonds. The van der Waals surface area contributed by atoms with Gasteiger partial charge in [-0.2, -0.15) is 5.06 Å². The minimum Gasteiger partial charge on any atom is -0.463 e. The Morgan fingerprint density at radius 3 is 2.15 bits per heavy atom. The van der Waals surface area contributed by atoms with Gasteiger partial charge in [-0.15, -0.1) is 0 Å². The molecule has 0 aromatic carbocycles. The number of ether oxygens (including phenoxy) is 5. The Kier molecular flexibility index (Phi) is 7.96. The van der Waals surface area contributed by atoms with Crippen LogP contribution in [-0.4, -0.2) is 80.5 Å². The van der Waals surface area contributed by atoms with Crippen LogP contribution in [0.5, 0.6) is 0 Å². The van der Waals surface area contributed by atoms with Crippen molar-refractivity contribution in [2.75, 3.05) is 32.9 Å². The fourth-order valence-corrected chi connectivity index (χ4v) is 2.98. The molecule has 2 aliphatic heterocycles. The predicted octanol–water partition coefficient (Wildman–Crippen LogP) is 0.0377. The van der Waals surface area contributed by atoms with Crippen LogP contribution in [0.3, 0.4) is 0 Å². The zero-order valence-electron chi connectivity index (χ0n) is 16.0. The van der Waals surface area contributed by atoms with Crippen molar-refractivity contribution in [3.8, 4) is 0 Å². The molecule has 154 valence electrons. The van der Waals surface area contributed by atoms with Gasteiger partial charge in [0.1, 0.15) is 18.8 Å². The zero-order valence-corrected chi connectivity index (χ0v) is 16.0. The predicted molar refractivity (Wildman–Crippen MR) is 89.0 cm³/mol. The first kappa shape index (κ1) is 21.5. The second kappa shape index (κ2) is 9.98. The maximum absolute atomic E-state index is 11.6. The van der Waals surface area contributed by atoms with E-state index in [0.29, 0.717) is 26.3 Å². The number of rotatable bonds is 6. The van der Waals surface area contributed by atoms with E-state index in [4.69, 9.17) is 28.5 Å². The molecule has 5 atom stereocenters. The molecular weight excluding hydrogens is 362 g/mol. The molecule has 27 heavy (non-hydrogen) atoms. The van der Waals surface area contributed by atoms with Gasteiger partial charge in [-0.3, -0.25) is 19.2 Å². The molecule has 3 unspecified atom stereocenters. The minimum absolute atomic E-state index is 0.0377. The largest absolute Gasteiger partial charge is 0.463 e. The summed E-state index contributed by atoms with van der Waals surface area (Å²) in [5.74, 6) is -1.92. The zero-order chi connectivity index (χ0) is 20.0. The van der Waals surface area contributed by atoms with Gasteiger partial charge in [-0.05, 0) is 0 Å². The number of carbonyl (C=O) groups is 3. The lowest BCUT2D eigenvalue weighted by Crippen LogP contribution is -2.60. The number of esters is 3. The summed E-state index contributed by atoms with van der Waals surface area (Å²) in [7, 11) is 0. The fraction of sp³-hybridized carbons (Fsp3) is 0.824. The lowest BCUT2D eigenvalue weighted by Gasteiger charge is -2.45. The first-order valence-electron chi connectivity index (χ1n) is 8.90. The molecule has 10 nitrogen and oxygen atoms in total. The van der Waals surface area contributed by atoms with E-state index in [1.54, 1.807) is 5.06 Å². The van der Waals surface area contributed by atoms with Gasteiger partial charge in [0, 0.05) is 39.8 Å². The van der Waals surface area contributed by atoms with Crippen LogP contribution >= 0.6 is 0 Å². The van der Waals surface area contributed by atoms with E-state index in [2.05, 4.69) is 0 Å². The molecule has 0 aromatic heterocycles. The molecule has 2 fully saturated rings. The van der Waals surface area contributed by atoms with Gasteiger partial charge in [0.2, 0.25) is 6.29 Å². The summed E-state index contributed by atoms with van der Waals surface area (Å²) >= 11 is 0. The van der Waals surface area contributed by atoms with Gasteiger partial charge >= 0.3 is 17.9 Å². The first-order valence-corrected chi connectivity index (χ1v) is 8.90. The molecular formula is C17H27NO9. The Hall–Kier alpha value is -1.75. The molecule has 0 saturated carbocycles. The Labute approximate surface area is 157 Å². The van der Waals surface area contributed by atoms with Crippen LogP contribution in [0.1, 0.15) is 27.7 Å². The second-order valence-electron chi connectivity index (χ2n) is 6.50. The average Bonchev–Trinajstić information content (AvgIpc) is 2.59. The van der Waals surface area contributed by atoms with Crippen LogP contribution in [0.2, 0.25) is 0 Å². The van der Waals surface area contributed by atoms with E-state index in [1.807, 2.05) is 6.92 Å². The fourth-order valence-electron chi connectivity index (χ4n) is 2.98. The summed E-state index contributed by atoms with van der Waals surface area (Å²) in [6.45, 7) is 7.69. The van der Waals surface area contributed by atoms with E-state index >= 15 is 0 Å². The summed E-state index contributed by atoms with van der Waals surface area (Å²) in [5, 5.41) is 1.72. The van der Waals surface area contributed by atoms with Gasteiger partial charge in [-0.25, -0.2) is 0 Å². The third kappa shape index (κ3) is 6.42.